The van der Waals surface area contributed by atoms with Crippen LogP contribution in [0.2, 0.25) is 0 Å². The Balaban J connectivity index is 2.10. The molecular formula is C13H16BrN3OS. The van der Waals surface area contributed by atoms with Gasteiger partial charge in [-0.3, -0.25) is 4.79 Å². The van der Waals surface area contributed by atoms with E-state index in [-0.39, 0.29) is 11.9 Å². The average molecular weight is 342 g/mol. The Morgan fingerprint density at radius 3 is 2.89 bits per heavy atom. The molecule has 0 spiro atoms. The number of hydrogen-bond acceptors (Lipinski definition) is 3. The first-order valence-electron chi connectivity index (χ1n) is 6.03. The van der Waals surface area contributed by atoms with Crippen LogP contribution in [0.15, 0.2) is 22.2 Å². The molecule has 0 unspecified atom stereocenters. The van der Waals surface area contributed by atoms with Crippen LogP contribution in [0, 0.1) is 6.92 Å². The second-order valence-electron chi connectivity index (χ2n) is 4.59. The van der Waals surface area contributed by atoms with E-state index in [9.17, 15) is 4.79 Å². The number of amides is 1. The van der Waals surface area contributed by atoms with Crippen molar-refractivity contribution >= 4 is 33.2 Å². The van der Waals surface area contributed by atoms with Crippen LogP contribution in [0.1, 0.15) is 40.9 Å². The van der Waals surface area contributed by atoms with Gasteiger partial charge in [-0.2, -0.15) is 0 Å². The monoisotopic (exact) mass is 341 g/mol. The third-order valence-electron chi connectivity index (χ3n) is 2.86. The van der Waals surface area contributed by atoms with Crippen molar-refractivity contribution in [2.45, 2.75) is 33.4 Å². The summed E-state index contributed by atoms with van der Waals surface area (Å²) in [5.74, 6) is -0.0628. The number of halogens is 1. The maximum absolute atomic E-state index is 12.2. The van der Waals surface area contributed by atoms with Gasteiger partial charge in [-0.25, -0.2) is 4.98 Å². The molecule has 0 aliphatic rings. The second-order valence-corrected chi connectivity index (χ2v) is 6.44. The number of nitrogens with one attached hydrogen (secondary N) is 1. The molecule has 0 saturated carbocycles. The van der Waals surface area contributed by atoms with Crippen molar-refractivity contribution in [3.8, 4) is 0 Å². The number of rotatable bonds is 4. The molecule has 0 fully saturated rings. The minimum absolute atomic E-state index is 0.0628. The first-order chi connectivity index (χ1) is 8.99. The van der Waals surface area contributed by atoms with Crippen molar-refractivity contribution < 1.29 is 4.79 Å². The maximum atomic E-state index is 12.2. The molecule has 0 aliphatic carbocycles. The van der Waals surface area contributed by atoms with E-state index in [0.29, 0.717) is 12.2 Å². The van der Waals surface area contributed by atoms with Gasteiger partial charge in [-0.05, 0) is 42.8 Å². The number of aryl methyl sites for hydroxylation is 1. The molecule has 0 bridgehead atoms. The van der Waals surface area contributed by atoms with Gasteiger partial charge in [0.2, 0.25) is 0 Å². The topological polar surface area (TPSA) is 46.9 Å². The van der Waals surface area contributed by atoms with E-state index in [2.05, 4.69) is 40.1 Å². The molecule has 0 saturated heterocycles. The van der Waals surface area contributed by atoms with E-state index in [1.807, 2.05) is 23.8 Å². The van der Waals surface area contributed by atoms with Crippen LogP contribution in [0.5, 0.6) is 0 Å². The van der Waals surface area contributed by atoms with E-state index in [4.69, 9.17) is 0 Å². The number of aromatic nitrogens is 2. The van der Waals surface area contributed by atoms with Crippen LogP contribution < -0.4 is 5.32 Å². The van der Waals surface area contributed by atoms with Gasteiger partial charge < -0.3 is 9.88 Å². The summed E-state index contributed by atoms with van der Waals surface area (Å²) in [6, 6.07) is 2.09. The quantitative estimate of drug-likeness (QED) is 0.924. The Morgan fingerprint density at radius 1 is 1.58 bits per heavy atom. The molecule has 0 radical (unpaired) electrons. The van der Waals surface area contributed by atoms with Gasteiger partial charge in [0.15, 0.2) is 0 Å². The summed E-state index contributed by atoms with van der Waals surface area (Å²) in [6.07, 6.45) is 1.93. The zero-order valence-electron chi connectivity index (χ0n) is 11.1. The normalized spacial score (nSPS) is 11.0. The lowest BCUT2D eigenvalue weighted by atomic mass is 10.3. The molecule has 0 aliphatic heterocycles. The highest BCUT2D eigenvalue weighted by Gasteiger charge is 2.15. The minimum atomic E-state index is -0.0628. The zero-order chi connectivity index (χ0) is 14.0. The van der Waals surface area contributed by atoms with E-state index < -0.39 is 0 Å². The number of carbonyl (C=O) groups is 1. The lowest BCUT2D eigenvalue weighted by molar-refractivity contribution is 0.0940. The minimum Gasteiger partial charge on any atom is -0.346 e. The Hall–Kier alpha value is -1.14. The van der Waals surface area contributed by atoms with Crippen LogP contribution in [-0.2, 0) is 6.54 Å². The summed E-state index contributed by atoms with van der Waals surface area (Å²) in [6.45, 7) is 6.58. The first kappa shape index (κ1) is 14.3. The van der Waals surface area contributed by atoms with Gasteiger partial charge in [-0.1, -0.05) is 0 Å². The van der Waals surface area contributed by atoms with Crippen molar-refractivity contribution in [3.05, 3.63) is 38.5 Å². The highest BCUT2D eigenvalue weighted by Crippen LogP contribution is 2.19. The van der Waals surface area contributed by atoms with Gasteiger partial charge in [0.05, 0.1) is 17.7 Å². The van der Waals surface area contributed by atoms with Crippen molar-refractivity contribution in [2.24, 2.45) is 0 Å². The zero-order valence-corrected chi connectivity index (χ0v) is 13.5. The Kier molecular flexibility index (Phi) is 4.42. The van der Waals surface area contributed by atoms with Crippen molar-refractivity contribution in [1.29, 1.82) is 0 Å². The van der Waals surface area contributed by atoms with E-state index >= 15 is 0 Å². The summed E-state index contributed by atoms with van der Waals surface area (Å²) in [4.78, 5) is 17.5. The predicted octanol–water partition coefficient (Wildman–Crippen LogP) is 3.53. The Bertz CT molecular complexity index is 588. The van der Waals surface area contributed by atoms with Gasteiger partial charge in [0.25, 0.3) is 5.91 Å². The highest BCUT2D eigenvalue weighted by molar-refractivity contribution is 9.10. The fourth-order valence-electron chi connectivity index (χ4n) is 1.80. The van der Waals surface area contributed by atoms with Crippen LogP contribution in [0.25, 0.3) is 0 Å². The fraction of sp³-hybridized carbons (Fsp3) is 0.385. The number of carbonyl (C=O) groups excluding carboxylic acids is 1. The van der Waals surface area contributed by atoms with Crippen LogP contribution >= 0.6 is 27.3 Å². The molecule has 2 rings (SSSR count). The number of thiazole rings is 1. The molecule has 102 valence electrons. The van der Waals surface area contributed by atoms with E-state index in [0.717, 1.165) is 15.0 Å². The predicted molar refractivity (Wildman–Crippen MR) is 80.5 cm³/mol. The van der Waals surface area contributed by atoms with Crippen LogP contribution in [0.3, 0.4) is 0 Å². The Morgan fingerprint density at radius 2 is 2.32 bits per heavy atom. The molecule has 6 heteroatoms. The highest BCUT2D eigenvalue weighted by atomic mass is 79.9. The standard InChI is InChI=1S/C13H16BrN3OS/c1-8(2)17-6-10(14)4-11(17)13(18)15-5-12-9(3)16-7-19-12/h4,6-8H,5H2,1-3H3,(H,15,18). The number of nitrogens with zero attached hydrogens (tertiary/aromatic N) is 2. The molecule has 1 amide bonds. The maximum Gasteiger partial charge on any atom is 0.268 e. The summed E-state index contributed by atoms with van der Waals surface area (Å²) in [5.41, 5.74) is 3.44. The third kappa shape index (κ3) is 3.25. The summed E-state index contributed by atoms with van der Waals surface area (Å²) in [7, 11) is 0. The Labute approximate surface area is 125 Å². The molecule has 19 heavy (non-hydrogen) atoms. The van der Waals surface area contributed by atoms with Crippen molar-refractivity contribution in [2.75, 3.05) is 0 Å². The van der Waals surface area contributed by atoms with E-state index in [1.54, 1.807) is 16.8 Å². The number of hydrogen-bond donors (Lipinski definition) is 1. The van der Waals surface area contributed by atoms with E-state index in [1.165, 1.54) is 0 Å². The van der Waals surface area contributed by atoms with Gasteiger partial charge in [0, 0.05) is 21.6 Å². The second kappa shape index (κ2) is 5.88. The molecule has 1 N–H and O–H groups in total. The van der Waals surface area contributed by atoms with Crippen LogP contribution in [-0.4, -0.2) is 15.5 Å². The van der Waals surface area contributed by atoms with Gasteiger partial charge >= 0.3 is 0 Å². The largest absolute Gasteiger partial charge is 0.346 e. The molecule has 4 nitrogen and oxygen atoms in total. The molecule has 0 aromatic carbocycles. The van der Waals surface area contributed by atoms with Crippen molar-refractivity contribution in [1.82, 2.24) is 14.9 Å². The summed E-state index contributed by atoms with van der Waals surface area (Å²) < 4.78 is 2.87. The molecule has 2 aromatic heterocycles. The molecule has 0 atom stereocenters. The summed E-state index contributed by atoms with van der Waals surface area (Å²) in [5, 5.41) is 2.94. The molecule has 2 heterocycles. The third-order valence-corrected chi connectivity index (χ3v) is 4.23. The van der Waals surface area contributed by atoms with Gasteiger partial charge in [-0.15, -0.1) is 11.3 Å². The lowest BCUT2D eigenvalue weighted by Gasteiger charge is -2.12. The van der Waals surface area contributed by atoms with Crippen LogP contribution in [0.4, 0.5) is 0 Å². The lowest BCUT2D eigenvalue weighted by Crippen LogP contribution is -2.25. The smallest absolute Gasteiger partial charge is 0.268 e. The molecular weight excluding hydrogens is 326 g/mol. The SMILES string of the molecule is Cc1ncsc1CNC(=O)c1cc(Br)cn1C(C)C. The molecule has 2 aromatic rings. The summed E-state index contributed by atoms with van der Waals surface area (Å²) >= 11 is 4.97. The van der Waals surface area contributed by atoms with Gasteiger partial charge in [0.1, 0.15) is 5.69 Å². The fourth-order valence-corrected chi connectivity index (χ4v) is 2.96. The average Bonchev–Trinajstić information content (AvgIpc) is 2.92. The van der Waals surface area contributed by atoms with Crippen molar-refractivity contribution in [3.63, 3.8) is 0 Å². The first-order valence-corrected chi connectivity index (χ1v) is 7.71.